The molecule has 0 atom stereocenters. The Hall–Kier alpha value is -5.33. The van der Waals surface area contributed by atoms with Crippen LogP contribution >= 0.6 is 0 Å². The summed E-state index contributed by atoms with van der Waals surface area (Å²) < 4.78 is 0. The van der Waals surface area contributed by atoms with Crippen molar-refractivity contribution in [2.75, 3.05) is 0 Å². The van der Waals surface area contributed by atoms with Gasteiger partial charge in [-0.05, 0) is 0 Å². The van der Waals surface area contributed by atoms with Crippen molar-refractivity contribution in [2.45, 2.75) is 32.4 Å². The van der Waals surface area contributed by atoms with Crippen LogP contribution < -0.4 is 32.8 Å². The summed E-state index contributed by atoms with van der Waals surface area (Å²) in [4.78, 5) is 0. The highest BCUT2D eigenvalue weighted by molar-refractivity contribution is 7.12. The van der Waals surface area contributed by atoms with Gasteiger partial charge in [0.15, 0.2) is 0 Å². The maximum atomic E-state index is 2.30. The molecule has 7 aromatic rings. The molecule has 0 aliphatic rings. The highest BCUT2D eigenvalue weighted by Gasteiger charge is 2.30. The van der Waals surface area contributed by atoms with E-state index in [0.29, 0.717) is 0 Å². The number of hydrogen-bond acceptors (Lipinski definition) is 0. The van der Waals surface area contributed by atoms with E-state index in [-0.39, 0.29) is 0 Å². The monoisotopic (exact) mass is 632 g/mol. The maximum absolute atomic E-state index is 2.30. The van der Waals surface area contributed by atoms with Gasteiger partial charge in [-0.2, -0.15) is 39.1 Å². The maximum Gasteiger partial charge on any atom is 0.0856 e. The second kappa shape index (κ2) is 16.7. The molecule has 49 heavy (non-hydrogen) atoms. The fraction of sp³-hybridized carbons (Fsp3) is 0.106. The van der Waals surface area contributed by atoms with Gasteiger partial charge in [0.1, 0.15) is 0 Å². The number of unbranched alkanes of at least 4 members (excludes halogenated alkanes) is 1. The van der Waals surface area contributed by atoms with Crippen molar-refractivity contribution in [1.82, 2.24) is 0 Å². The molecule has 7 aromatic carbocycles. The van der Waals surface area contributed by atoms with E-state index in [1.54, 1.807) is 0 Å². The first-order valence-corrected chi connectivity index (χ1v) is 18.0. The molecule has 0 saturated carbocycles. The lowest BCUT2D eigenvalue weighted by Gasteiger charge is -2.43. The molecule has 2 heteroatoms. The van der Waals surface area contributed by atoms with Gasteiger partial charge >= 0.3 is 0 Å². The predicted octanol–water partition coefficient (Wildman–Crippen LogP) is 7.90. The van der Waals surface area contributed by atoms with E-state index in [9.17, 15) is 0 Å². The van der Waals surface area contributed by atoms with Gasteiger partial charge in [-0.1, -0.05) is 238 Å². The van der Waals surface area contributed by atoms with Crippen LogP contribution in [0.4, 0.5) is 0 Å². The Balaban J connectivity index is 0.000000171. The van der Waals surface area contributed by atoms with Crippen LogP contribution in [0, 0.1) is 0 Å². The molecule has 0 aliphatic carbocycles. The van der Waals surface area contributed by atoms with Crippen molar-refractivity contribution >= 4 is 45.1 Å². The molecule has 242 valence electrons. The van der Waals surface area contributed by atoms with Crippen LogP contribution in [0.1, 0.15) is 25.3 Å². The second-order valence-electron chi connectivity index (χ2n) is 13.4. The fourth-order valence-corrected chi connectivity index (χ4v) is 8.18. The van der Waals surface area contributed by atoms with E-state index in [1.807, 2.05) is 0 Å². The Bertz CT molecular complexity index is 1740. The second-order valence-corrected chi connectivity index (χ2v) is 13.4. The third-order valence-corrected chi connectivity index (χ3v) is 10.6. The summed E-state index contributed by atoms with van der Waals surface area (Å²) in [5.41, 5.74) is 9.84. The SMILES string of the molecule is CCCC[B-](c1ccccc1)(c1ccccc1)c1ccccc1.c1ccc(C[B-](c2ccccc2)(c2ccccc2)c2ccccc2)cc1. The van der Waals surface area contributed by atoms with Crippen molar-refractivity contribution in [3.8, 4) is 0 Å². The van der Waals surface area contributed by atoms with E-state index in [2.05, 4.69) is 219 Å². The van der Waals surface area contributed by atoms with E-state index < -0.39 is 12.3 Å². The first-order chi connectivity index (χ1) is 24.3. The largest absolute Gasteiger partial charge is 0.200 e. The van der Waals surface area contributed by atoms with E-state index in [1.165, 1.54) is 57.5 Å². The zero-order valence-electron chi connectivity index (χ0n) is 28.7. The minimum absolute atomic E-state index is 0.913. The third kappa shape index (κ3) is 7.55. The van der Waals surface area contributed by atoms with Gasteiger partial charge in [0.2, 0.25) is 0 Å². The molecule has 0 bridgehead atoms. The minimum Gasteiger partial charge on any atom is -0.200 e. The van der Waals surface area contributed by atoms with Gasteiger partial charge < -0.3 is 0 Å². The summed E-state index contributed by atoms with van der Waals surface area (Å²) in [6.07, 6.45) is 2.62. The molecule has 0 aliphatic heterocycles. The number of hydrogen-bond donors (Lipinski definition) is 0. The van der Waals surface area contributed by atoms with Crippen molar-refractivity contribution in [2.24, 2.45) is 0 Å². The molecule has 0 aromatic heterocycles. The summed E-state index contributed by atoms with van der Waals surface area (Å²) in [6.45, 7) is 2.28. The standard InChI is InChI=1S/C25H22B.C22H24B/c1-5-13-22(14-6-1)21-26(23-15-7-2-8-16-23,24-17-9-3-10-18-24)25-19-11-4-12-20-25;1-2-3-19-23(20-13-7-4-8-14-20,21-15-9-5-10-16-21)22-17-11-6-12-18-22/h1-20H,21H2;4-18H,2-3,19H2,1H3/q2*-1. The quantitative estimate of drug-likeness (QED) is 0.127. The zero-order valence-corrected chi connectivity index (χ0v) is 28.7. The Kier molecular flexibility index (Phi) is 11.4. The van der Waals surface area contributed by atoms with Crippen LogP contribution in [0.3, 0.4) is 0 Å². The van der Waals surface area contributed by atoms with Crippen LogP contribution in [0.5, 0.6) is 0 Å². The highest BCUT2D eigenvalue weighted by atomic mass is 14.1. The van der Waals surface area contributed by atoms with Crippen molar-refractivity contribution in [3.63, 3.8) is 0 Å². The summed E-state index contributed by atoms with van der Waals surface area (Å²) >= 11 is 0. The fourth-order valence-electron chi connectivity index (χ4n) is 8.18. The molecule has 0 unspecified atom stereocenters. The van der Waals surface area contributed by atoms with E-state index >= 15 is 0 Å². The summed E-state index contributed by atoms with van der Waals surface area (Å²) in [5, 5.41) is 0. The van der Waals surface area contributed by atoms with Gasteiger partial charge in [0, 0.05) is 0 Å². The molecule has 0 heterocycles. The first-order valence-electron chi connectivity index (χ1n) is 18.0. The van der Waals surface area contributed by atoms with Crippen molar-refractivity contribution in [3.05, 3.63) is 218 Å². The summed E-state index contributed by atoms with van der Waals surface area (Å²) in [6, 6.07) is 76.9. The van der Waals surface area contributed by atoms with Crippen LogP contribution in [0.15, 0.2) is 212 Å². The topological polar surface area (TPSA) is 0 Å². The predicted molar refractivity (Wildman–Crippen MR) is 218 cm³/mol. The smallest absolute Gasteiger partial charge is 0.0856 e. The zero-order chi connectivity index (χ0) is 33.6. The summed E-state index contributed by atoms with van der Waals surface area (Å²) in [7, 11) is 0. The van der Waals surface area contributed by atoms with Crippen LogP contribution in [0.25, 0.3) is 0 Å². The van der Waals surface area contributed by atoms with Gasteiger partial charge in [0.05, 0.1) is 12.3 Å². The third-order valence-electron chi connectivity index (χ3n) is 10.6. The average molecular weight is 633 g/mol. The Labute approximate surface area is 294 Å². The van der Waals surface area contributed by atoms with Gasteiger partial charge in [-0.3, -0.25) is 0 Å². The van der Waals surface area contributed by atoms with Gasteiger partial charge in [-0.25, -0.2) is 0 Å². The molecule has 0 radical (unpaired) electrons. The highest BCUT2D eigenvalue weighted by Crippen LogP contribution is 2.17. The Morgan fingerprint density at radius 1 is 0.306 bits per heavy atom. The first kappa shape index (κ1) is 33.6. The Morgan fingerprint density at radius 3 is 0.816 bits per heavy atom. The normalized spacial score (nSPS) is 11.3. The molecule has 0 spiro atoms. The van der Waals surface area contributed by atoms with Crippen LogP contribution in [-0.4, -0.2) is 12.3 Å². The van der Waals surface area contributed by atoms with Crippen LogP contribution in [0.2, 0.25) is 6.32 Å². The van der Waals surface area contributed by atoms with Gasteiger partial charge in [0.25, 0.3) is 0 Å². The van der Waals surface area contributed by atoms with E-state index in [4.69, 9.17) is 0 Å². The molecule has 0 saturated heterocycles. The molecule has 0 amide bonds. The molecule has 7 rings (SSSR count). The molecular weight excluding hydrogens is 586 g/mol. The minimum atomic E-state index is -1.09. The lowest BCUT2D eigenvalue weighted by Crippen LogP contribution is -2.68. The number of rotatable bonds is 11. The Morgan fingerprint density at radius 2 is 0.551 bits per heavy atom. The average Bonchev–Trinajstić information content (AvgIpc) is 3.20. The molecule has 0 N–H and O–H groups in total. The molecule has 0 fully saturated rings. The molecular formula is C47H46B2-2. The van der Waals surface area contributed by atoms with E-state index in [0.717, 1.165) is 6.32 Å². The molecule has 0 nitrogen and oxygen atoms in total. The lowest BCUT2D eigenvalue weighted by atomic mass is 9.14. The summed E-state index contributed by atoms with van der Waals surface area (Å²) in [5.74, 6) is 0. The van der Waals surface area contributed by atoms with Crippen LogP contribution in [-0.2, 0) is 6.32 Å². The van der Waals surface area contributed by atoms with Gasteiger partial charge in [-0.15, -0.1) is 6.32 Å². The number of benzene rings is 7. The lowest BCUT2D eigenvalue weighted by molar-refractivity contribution is 0.874. The van der Waals surface area contributed by atoms with Crippen molar-refractivity contribution in [1.29, 1.82) is 0 Å². The van der Waals surface area contributed by atoms with Crippen molar-refractivity contribution < 1.29 is 0 Å².